The van der Waals surface area contributed by atoms with E-state index in [0.717, 1.165) is 27.9 Å². The van der Waals surface area contributed by atoms with Crippen molar-refractivity contribution in [3.63, 3.8) is 0 Å². The van der Waals surface area contributed by atoms with Gasteiger partial charge in [-0.25, -0.2) is 0 Å². The molecule has 0 bridgehead atoms. The van der Waals surface area contributed by atoms with Gasteiger partial charge >= 0.3 is 0 Å². The zero-order valence-electron chi connectivity index (χ0n) is 14.2. The first-order chi connectivity index (χ1) is 12.7. The van der Waals surface area contributed by atoms with Crippen LogP contribution in [-0.2, 0) is 0 Å². The molecule has 0 saturated carbocycles. The van der Waals surface area contributed by atoms with E-state index in [4.69, 9.17) is 4.74 Å². The van der Waals surface area contributed by atoms with Crippen molar-refractivity contribution in [2.24, 2.45) is 0 Å². The number of ether oxygens (including phenoxy) is 1. The third-order valence-corrected chi connectivity index (χ3v) is 4.12. The number of para-hydroxylation sites is 1. The highest BCUT2D eigenvalue weighted by Crippen LogP contribution is 2.24. The monoisotopic (exact) mass is 346 g/mol. The molecule has 6 nitrogen and oxygen atoms in total. The van der Waals surface area contributed by atoms with Gasteiger partial charge in [0.25, 0.3) is 5.91 Å². The van der Waals surface area contributed by atoms with Crippen molar-refractivity contribution in [2.75, 3.05) is 11.9 Å². The Balaban J connectivity index is 1.52. The molecule has 0 spiro atoms. The summed E-state index contributed by atoms with van der Waals surface area (Å²) in [7, 11) is 0. The first-order valence-corrected chi connectivity index (χ1v) is 8.40. The summed E-state index contributed by atoms with van der Waals surface area (Å²) in [4.78, 5) is 15.7. The SMILES string of the molecule is CCOc1ccc(-c2cc(C(=O)Nc3c[nH]c4ccccc34)[nH]n2)cc1. The van der Waals surface area contributed by atoms with Crippen molar-refractivity contribution < 1.29 is 9.53 Å². The maximum absolute atomic E-state index is 12.5. The molecule has 4 aromatic rings. The van der Waals surface area contributed by atoms with E-state index in [9.17, 15) is 4.79 Å². The minimum atomic E-state index is -0.237. The number of aromatic nitrogens is 3. The van der Waals surface area contributed by atoms with Crippen molar-refractivity contribution in [1.82, 2.24) is 15.2 Å². The van der Waals surface area contributed by atoms with Crippen LogP contribution in [-0.4, -0.2) is 27.7 Å². The first-order valence-electron chi connectivity index (χ1n) is 8.40. The van der Waals surface area contributed by atoms with Gasteiger partial charge in [0.2, 0.25) is 0 Å². The third kappa shape index (κ3) is 3.04. The minimum absolute atomic E-state index is 0.237. The largest absolute Gasteiger partial charge is 0.494 e. The number of hydrogen-bond donors (Lipinski definition) is 3. The van der Waals surface area contributed by atoms with E-state index in [1.165, 1.54) is 0 Å². The van der Waals surface area contributed by atoms with Crippen LogP contribution in [0.1, 0.15) is 17.4 Å². The van der Waals surface area contributed by atoms with Crippen LogP contribution in [0.5, 0.6) is 5.75 Å². The van der Waals surface area contributed by atoms with E-state index in [1.54, 1.807) is 12.3 Å². The molecule has 0 atom stereocenters. The third-order valence-electron chi connectivity index (χ3n) is 4.12. The Bertz CT molecular complexity index is 1050. The highest BCUT2D eigenvalue weighted by Gasteiger charge is 2.13. The molecule has 4 rings (SSSR count). The van der Waals surface area contributed by atoms with Crippen molar-refractivity contribution in [1.29, 1.82) is 0 Å². The van der Waals surface area contributed by atoms with Crippen LogP contribution in [0, 0.1) is 0 Å². The number of aromatic amines is 2. The Kier molecular flexibility index (Phi) is 4.15. The van der Waals surface area contributed by atoms with Gasteiger partial charge in [-0.3, -0.25) is 9.89 Å². The van der Waals surface area contributed by atoms with E-state index in [1.807, 2.05) is 55.5 Å². The molecule has 130 valence electrons. The second-order valence-corrected chi connectivity index (χ2v) is 5.83. The Hall–Kier alpha value is -3.54. The molecule has 0 unspecified atom stereocenters. The average Bonchev–Trinajstić information content (AvgIpc) is 3.31. The number of amides is 1. The highest BCUT2D eigenvalue weighted by atomic mass is 16.5. The summed E-state index contributed by atoms with van der Waals surface area (Å²) in [5.41, 5.74) is 3.73. The zero-order chi connectivity index (χ0) is 17.9. The molecule has 0 aliphatic heterocycles. The second-order valence-electron chi connectivity index (χ2n) is 5.83. The van der Waals surface area contributed by atoms with Crippen molar-refractivity contribution in [3.8, 4) is 17.0 Å². The molecule has 0 aliphatic rings. The van der Waals surface area contributed by atoms with Crippen LogP contribution < -0.4 is 10.1 Å². The number of benzene rings is 2. The highest BCUT2D eigenvalue weighted by molar-refractivity contribution is 6.08. The van der Waals surface area contributed by atoms with Crippen molar-refractivity contribution in [3.05, 3.63) is 66.5 Å². The van der Waals surface area contributed by atoms with Crippen LogP contribution in [0.3, 0.4) is 0 Å². The number of carbonyl (C=O) groups is 1. The number of carbonyl (C=O) groups excluding carboxylic acids is 1. The Morgan fingerprint density at radius 3 is 2.77 bits per heavy atom. The number of nitrogens with zero attached hydrogens (tertiary/aromatic N) is 1. The molecule has 26 heavy (non-hydrogen) atoms. The maximum Gasteiger partial charge on any atom is 0.273 e. The van der Waals surface area contributed by atoms with Gasteiger partial charge in [0, 0.05) is 22.7 Å². The fourth-order valence-corrected chi connectivity index (χ4v) is 2.84. The predicted molar refractivity (Wildman–Crippen MR) is 101 cm³/mol. The Morgan fingerprint density at radius 1 is 1.15 bits per heavy atom. The normalized spacial score (nSPS) is 10.8. The minimum Gasteiger partial charge on any atom is -0.494 e. The smallest absolute Gasteiger partial charge is 0.273 e. The standard InChI is InChI=1S/C20H18N4O2/c1-2-26-14-9-7-13(8-10-14)17-11-18(24-23-17)20(25)22-19-12-21-16-6-4-3-5-15(16)19/h3-12,21H,2H2,1H3,(H,22,25)(H,23,24). The maximum atomic E-state index is 12.5. The lowest BCUT2D eigenvalue weighted by Crippen LogP contribution is -2.11. The number of fused-ring (bicyclic) bond motifs is 1. The lowest BCUT2D eigenvalue weighted by atomic mass is 10.1. The van der Waals surface area contributed by atoms with E-state index in [-0.39, 0.29) is 5.91 Å². The number of H-pyrrole nitrogens is 2. The molecule has 1 amide bonds. The van der Waals surface area contributed by atoms with Crippen LogP contribution >= 0.6 is 0 Å². The van der Waals surface area contributed by atoms with Gasteiger partial charge < -0.3 is 15.0 Å². The lowest BCUT2D eigenvalue weighted by Gasteiger charge is -2.03. The summed E-state index contributed by atoms with van der Waals surface area (Å²) in [5, 5.41) is 10.9. The quantitative estimate of drug-likeness (QED) is 0.506. The van der Waals surface area contributed by atoms with Gasteiger partial charge in [-0.2, -0.15) is 5.10 Å². The summed E-state index contributed by atoms with van der Waals surface area (Å²) in [6.45, 7) is 2.57. The summed E-state index contributed by atoms with van der Waals surface area (Å²) in [5.74, 6) is 0.573. The Morgan fingerprint density at radius 2 is 1.96 bits per heavy atom. The molecular formula is C20H18N4O2. The van der Waals surface area contributed by atoms with Gasteiger partial charge in [-0.15, -0.1) is 0 Å². The summed E-state index contributed by atoms with van der Waals surface area (Å²) < 4.78 is 5.44. The van der Waals surface area contributed by atoms with Crippen LogP contribution in [0.25, 0.3) is 22.2 Å². The Labute approximate surface area is 150 Å². The van der Waals surface area contributed by atoms with Crippen LogP contribution in [0.15, 0.2) is 60.8 Å². The molecular weight excluding hydrogens is 328 g/mol. The molecule has 2 aromatic carbocycles. The van der Waals surface area contributed by atoms with E-state index < -0.39 is 0 Å². The predicted octanol–water partition coefficient (Wildman–Crippen LogP) is 4.21. The van der Waals surface area contributed by atoms with Crippen molar-refractivity contribution >= 4 is 22.5 Å². The molecule has 0 saturated heterocycles. The van der Waals surface area contributed by atoms with E-state index >= 15 is 0 Å². The molecule has 2 heterocycles. The summed E-state index contributed by atoms with van der Waals surface area (Å²) in [6.07, 6.45) is 1.78. The first kappa shape index (κ1) is 16.0. The molecule has 3 N–H and O–H groups in total. The van der Waals surface area contributed by atoms with Crippen molar-refractivity contribution in [2.45, 2.75) is 6.92 Å². The fourth-order valence-electron chi connectivity index (χ4n) is 2.84. The van der Waals surface area contributed by atoms with Gasteiger partial charge in [-0.1, -0.05) is 18.2 Å². The lowest BCUT2D eigenvalue weighted by molar-refractivity contribution is 0.102. The number of anilines is 1. The molecule has 2 aromatic heterocycles. The molecule has 6 heteroatoms. The van der Waals surface area contributed by atoms with Crippen LogP contribution in [0.4, 0.5) is 5.69 Å². The van der Waals surface area contributed by atoms with Gasteiger partial charge in [0.05, 0.1) is 18.0 Å². The molecule has 0 aliphatic carbocycles. The summed E-state index contributed by atoms with van der Waals surface area (Å²) in [6, 6.07) is 17.2. The second kappa shape index (κ2) is 6.76. The topological polar surface area (TPSA) is 82.8 Å². The average molecular weight is 346 g/mol. The molecule has 0 radical (unpaired) electrons. The fraction of sp³-hybridized carbons (Fsp3) is 0.100. The number of nitrogens with one attached hydrogen (secondary N) is 3. The summed E-state index contributed by atoms with van der Waals surface area (Å²) >= 11 is 0. The van der Waals surface area contributed by atoms with Gasteiger partial charge in [0.15, 0.2) is 0 Å². The van der Waals surface area contributed by atoms with Gasteiger partial charge in [0.1, 0.15) is 11.4 Å². The zero-order valence-corrected chi connectivity index (χ0v) is 14.2. The number of hydrogen-bond acceptors (Lipinski definition) is 3. The van der Waals surface area contributed by atoms with E-state index in [2.05, 4.69) is 20.5 Å². The van der Waals surface area contributed by atoms with E-state index in [0.29, 0.717) is 18.0 Å². The molecule has 0 fully saturated rings. The number of rotatable bonds is 5. The van der Waals surface area contributed by atoms with Crippen LogP contribution in [0.2, 0.25) is 0 Å². The van der Waals surface area contributed by atoms with Gasteiger partial charge in [-0.05, 0) is 43.3 Å².